The number of nitrogens with two attached hydrogens (primary N) is 1. The fraction of sp³-hybridized carbons (Fsp3) is 0.600. The highest BCUT2D eigenvalue weighted by Crippen LogP contribution is 2.17. The largest absolute Gasteiger partial charge is 0.493 e. The van der Waals surface area contributed by atoms with Gasteiger partial charge >= 0.3 is 0 Å². The minimum atomic E-state index is 0.307. The summed E-state index contributed by atoms with van der Waals surface area (Å²) in [6.07, 6.45) is 1.21. The summed E-state index contributed by atoms with van der Waals surface area (Å²) in [5.74, 6) is 1.45. The molecule has 0 fully saturated rings. The van der Waals surface area contributed by atoms with E-state index < -0.39 is 0 Å². The summed E-state index contributed by atoms with van der Waals surface area (Å²) in [6.45, 7) is 8.36. The van der Waals surface area contributed by atoms with Crippen LogP contribution in [0.2, 0.25) is 0 Å². The van der Waals surface area contributed by atoms with Gasteiger partial charge in [-0.3, -0.25) is 0 Å². The molecule has 0 saturated heterocycles. The van der Waals surface area contributed by atoms with Gasteiger partial charge in [-0.2, -0.15) is 0 Å². The molecule has 0 aromatic heterocycles. The molecular formula is C15H25NO2. The van der Waals surface area contributed by atoms with E-state index in [4.69, 9.17) is 15.2 Å². The van der Waals surface area contributed by atoms with Crippen LogP contribution >= 0.6 is 0 Å². The number of hydrogen-bond acceptors (Lipinski definition) is 3. The van der Waals surface area contributed by atoms with Crippen LogP contribution in [0.1, 0.15) is 32.8 Å². The van der Waals surface area contributed by atoms with Crippen LogP contribution in [-0.2, 0) is 11.3 Å². The van der Waals surface area contributed by atoms with E-state index in [1.54, 1.807) is 0 Å². The summed E-state index contributed by atoms with van der Waals surface area (Å²) in [5.41, 5.74) is 6.70. The van der Waals surface area contributed by atoms with Crippen LogP contribution in [0.5, 0.6) is 5.75 Å². The molecule has 0 saturated carbocycles. The van der Waals surface area contributed by atoms with Crippen LogP contribution in [0, 0.1) is 5.92 Å². The van der Waals surface area contributed by atoms with Gasteiger partial charge in [-0.25, -0.2) is 0 Å². The van der Waals surface area contributed by atoms with E-state index >= 15 is 0 Å². The number of rotatable bonds is 8. The standard InChI is InChI=1S/C15H25NO2/c1-12(2)13(3)17-9-6-10-18-15-8-5-4-7-14(15)11-16/h4-5,7-8,12-13H,6,9-11,16H2,1-3H3. The number of para-hydroxylation sites is 1. The lowest BCUT2D eigenvalue weighted by atomic mass is 10.1. The first-order chi connectivity index (χ1) is 8.65. The van der Waals surface area contributed by atoms with E-state index in [9.17, 15) is 0 Å². The fourth-order valence-corrected chi connectivity index (χ4v) is 1.52. The first-order valence-corrected chi connectivity index (χ1v) is 6.67. The van der Waals surface area contributed by atoms with Crippen LogP contribution < -0.4 is 10.5 Å². The molecule has 102 valence electrons. The third-order valence-corrected chi connectivity index (χ3v) is 3.06. The van der Waals surface area contributed by atoms with E-state index in [1.165, 1.54) is 0 Å². The van der Waals surface area contributed by atoms with Gasteiger partial charge in [-0.05, 0) is 18.9 Å². The Balaban J connectivity index is 2.22. The van der Waals surface area contributed by atoms with Crippen molar-refractivity contribution in [2.75, 3.05) is 13.2 Å². The maximum Gasteiger partial charge on any atom is 0.123 e. The molecule has 0 aliphatic carbocycles. The Kier molecular flexibility index (Phi) is 6.76. The zero-order chi connectivity index (χ0) is 13.4. The van der Waals surface area contributed by atoms with Gasteiger partial charge in [0.25, 0.3) is 0 Å². The van der Waals surface area contributed by atoms with E-state index in [0.29, 0.717) is 25.2 Å². The zero-order valence-electron chi connectivity index (χ0n) is 11.7. The van der Waals surface area contributed by atoms with Crippen molar-refractivity contribution in [2.45, 2.75) is 39.8 Å². The molecule has 18 heavy (non-hydrogen) atoms. The SMILES string of the molecule is CC(C)C(C)OCCCOc1ccccc1CN. The van der Waals surface area contributed by atoms with Gasteiger partial charge < -0.3 is 15.2 Å². The summed E-state index contributed by atoms with van der Waals surface area (Å²) >= 11 is 0. The molecule has 0 aliphatic heterocycles. The highest BCUT2D eigenvalue weighted by atomic mass is 16.5. The van der Waals surface area contributed by atoms with Crippen molar-refractivity contribution >= 4 is 0 Å². The van der Waals surface area contributed by atoms with Crippen LogP contribution in [0.25, 0.3) is 0 Å². The number of hydrogen-bond donors (Lipinski definition) is 1. The Morgan fingerprint density at radius 3 is 2.50 bits per heavy atom. The molecule has 1 aromatic carbocycles. The van der Waals surface area contributed by atoms with Crippen LogP contribution in [0.15, 0.2) is 24.3 Å². The summed E-state index contributed by atoms with van der Waals surface area (Å²) < 4.78 is 11.4. The van der Waals surface area contributed by atoms with Crippen molar-refractivity contribution in [2.24, 2.45) is 11.7 Å². The van der Waals surface area contributed by atoms with Crippen LogP contribution in [0.3, 0.4) is 0 Å². The van der Waals surface area contributed by atoms with E-state index in [2.05, 4.69) is 20.8 Å². The molecular weight excluding hydrogens is 226 g/mol. The highest BCUT2D eigenvalue weighted by molar-refractivity contribution is 5.32. The molecule has 0 aliphatic rings. The highest BCUT2D eigenvalue weighted by Gasteiger charge is 2.06. The van der Waals surface area contributed by atoms with Crippen molar-refractivity contribution in [1.82, 2.24) is 0 Å². The maximum atomic E-state index is 5.71. The van der Waals surface area contributed by atoms with Crippen molar-refractivity contribution in [3.05, 3.63) is 29.8 Å². The number of benzene rings is 1. The second-order valence-electron chi connectivity index (χ2n) is 4.83. The van der Waals surface area contributed by atoms with Gasteiger partial charge in [-0.1, -0.05) is 32.0 Å². The maximum absolute atomic E-state index is 5.71. The quantitative estimate of drug-likeness (QED) is 0.722. The summed E-state index contributed by atoms with van der Waals surface area (Å²) in [7, 11) is 0. The average Bonchev–Trinajstić information content (AvgIpc) is 2.38. The topological polar surface area (TPSA) is 44.5 Å². The van der Waals surface area contributed by atoms with E-state index in [-0.39, 0.29) is 0 Å². The normalized spacial score (nSPS) is 12.7. The van der Waals surface area contributed by atoms with E-state index in [1.807, 2.05) is 24.3 Å². The Hall–Kier alpha value is -1.06. The Bertz CT molecular complexity index is 339. The molecule has 0 radical (unpaired) electrons. The van der Waals surface area contributed by atoms with Crippen LogP contribution in [-0.4, -0.2) is 19.3 Å². The molecule has 2 N–H and O–H groups in total. The van der Waals surface area contributed by atoms with Crippen molar-refractivity contribution in [3.8, 4) is 5.75 Å². The fourth-order valence-electron chi connectivity index (χ4n) is 1.52. The first-order valence-electron chi connectivity index (χ1n) is 6.67. The summed E-state index contributed by atoms with van der Waals surface area (Å²) in [6, 6.07) is 7.89. The molecule has 1 aromatic rings. The third kappa shape index (κ3) is 5.07. The predicted molar refractivity (Wildman–Crippen MR) is 74.7 cm³/mol. The molecule has 0 bridgehead atoms. The van der Waals surface area contributed by atoms with Crippen LogP contribution in [0.4, 0.5) is 0 Å². The molecule has 3 heteroatoms. The lowest BCUT2D eigenvalue weighted by Gasteiger charge is -2.16. The lowest BCUT2D eigenvalue weighted by molar-refractivity contribution is 0.0291. The molecule has 1 rings (SSSR count). The lowest BCUT2D eigenvalue weighted by Crippen LogP contribution is -2.17. The summed E-state index contributed by atoms with van der Waals surface area (Å²) in [5, 5.41) is 0. The van der Waals surface area contributed by atoms with Gasteiger partial charge in [0.05, 0.1) is 19.3 Å². The number of ether oxygens (including phenoxy) is 2. The van der Waals surface area contributed by atoms with Gasteiger partial charge in [0.1, 0.15) is 5.75 Å². The van der Waals surface area contributed by atoms with Crippen molar-refractivity contribution < 1.29 is 9.47 Å². The zero-order valence-corrected chi connectivity index (χ0v) is 11.7. The van der Waals surface area contributed by atoms with Crippen molar-refractivity contribution in [1.29, 1.82) is 0 Å². The Labute approximate surface area is 110 Å². The molecule has 0 amide bonds. The minimum Gasteiger partial charge on any atom is -0.493 e. The molecule has 1 atom stereocenters. The predicted octanol–water partition coefficient (Wildman–Crippen LogP) is 2.98. The smallest absolute Gasteiger partial charge is 0.123 e. The Morgan fingerprint density at radius 2 is 1.83 bits per heavy atom. The van der Waals surface area contributed by atoms with Gasteiger partial charge in [0.2, 0.25) is 0 Å². The van der Waals surface area contributed by atoms with Crippen molar-refractivity contribution in [3.63, 3.8) is 0 Å². The minimum absolute atomic E-state index is 0.307. The van der Waals surface area contributed by atoms with E-state index in [0.717, 1.165) is 24.3 Å². The Morgan fingerprint density at radius 1 is 1.11 bits per heavy atom. The molecule has 0 heterocycles. The van der Waals surface area contributed by atoms with Gasteiger partial charge in [-0.15, -0.1) is 0 Å². The monoisotopic (exact) mass is 251 g/mol. The van der Waals surface area contributed by atoms with Gasteiger partial charge in [0, 0.05) is 18.5 Å². The third-order valence-electron chi connectivity index (χ3n) is 3.06. The second kappa shape index (κ2) is 8.11. The molecule has 0 spiro atoms. The summed E-state index contributed by atoms with van der Waals surface area (Å²) in [4.78, 5) is 0. The molecule has 1 unspecified atom stereocenters. The molecule has 3 nitrogen and oxygen atoms in total. The van der Waals surface area contributed by atoms with Gasteiger partial charge in [0.15, 0.2) is 0 Å². The first kappa shape index (κ1) is 15.0. The second-order valence-corrected chi connectivity index (χ2v) is 4.83. The average molecular weight is 251 g/mol.